The van der Waals surface area contributed by atoms with E-state index in [9.17, 15) is 0 Å². The van der Waals surface area contributed by atoms with Crippen LogP contribution in [0.1, 0.15) is 25.3 Å². The summed E-state index contributed by atoms with van der Waals surface area (Å²) in [6.07, 6.45) is 1.50. The van der Waals surface area contributed by atoms with Gasteiger partial charge in [0.15, 0.2) is 0 Å². The molecule has 0 radical (unpaired) electrons. The molecule has 4 nitrogen and oxygen atoms in total. The fourth-order valence-corrected chi connectivity index (χ4v) is 3.04. The molecule has 0 bridgehead atoms. The lowest BCUT2D eigenvalue weighted by Crippen LogP contribution is -2.13. The van der Waals surface area contributed by atoms with Crippen LogP contribution in [0.25, 0.3) is 0 Å². The highest BCUT2D eigenvalue weighted by molar-refractivity contribution is 7.99. The average Bonchev–Trinajstić information content (AvgIpc) is 2.40. The summed E-state index contributed by atoms with van der Waals surface area (Å²) in [6, 6.07) is 7.69. The Labute approximate surface area is 121 Å². The number of benzene rings is 1. The Morgan fingerprint density at radius 1 is 1.26 bits per heavy atom. The molecule has 0 fully saturated rings. The van der Waals surface area contributed by atoms with E-state index in [0.29, 0.717) is 10.8 Å². The molecule has 0 unspecified atom stereocenters. The maximum atomic E-state index is 6.18. The van der Waals surface area contributed by atoms with Gasteiger partial charge >= 0.3 is 0 Å². The number of nitrogens with one attached hydrogen (secondary N) is 1. The lowest BCUT2D eigenvalue weighted by molar-refractivity contribution is 0.804. The van der Waals surface area contributed by atoms with E-state index in [2.05, 4.69) is 29.2 Å². The van der Waals surface area contributed by atoms with Crippen LogP contribution in [-0.4, -0.2) is 9.97 Å². The van der Waals surface area contributed by atoms with Crippen LogP contribution >= 0.6 is 23.4 Å². The lowest BCUT2D eigenvalue weighted by Gasteiger charge is -2.15. The summed E-state index contributed by atoms with van der Waals surface area (Å²) < 4.78 is 0. The summed E-state index contributed by atoms with van der Waals surface area (Å²) >= 11 is 7.70. The molecule has 0 aliphatic rings. The van der Waals surface area contributed by atoms with Gasteiger partial charge in [0, 0.05) is 10.5 Å². The van der Waals surface area contributed by atoms with Crippen molar-refractivity contribution in [3.63, 3.8) is 0 Å². The number of hydrogen-bond donors (Lipinski definition) is 2. The molecular weight excluding hydrogens is 280 g/mol. The maximum absolute atomic E-state index is 6.18. The van der Waals surface area contributed by atoms with Gasteiger partial charge < -0.3 is 5.43 Å². The van der Waals surface area contributed by atoms with Crippen LogP contribution in [0.2, 0.25) is 5.02 Å². The predicted molar refractivity (Wildman–Crippen MR) is 79.5 cm³/mol. The fourth-order valence-electron chi connectivity index (χ4n) is 1.73. The van der Waals surface area contributed by atoms with Gasteiger partial charge in [-0.1, -0.05) is 49.3 Å². The Morgan fingerprint density at radius 3 is 2.63 bits per heavy atom. The van der Waals surface area contributed by atoms with Crippen molar-refractivity contribution < 1.29 is 0 Å². The number of nitrogen functional groups attached to an aromatic ring is 1. The molecule has 0 saturated carbocycles. The highest BCUT2D eigenvalue weighted by Gasteiger charge is 2.16. The van der Waals surface area contributed by atoms with E-state index in [1.54, 1.807) is 0 Å². The van der Waals surface area contributed by atoms with E-state index in [1.165, 1.54) is 18.1 Å². The third-order valence-electron chi connectivity index (χ3n) is 2.60. The lowest BCUT2D eigenvalue weighted by atomic mass is 10.1. The zero-order chi connectivity index (χ0) is 13.8. The Morgan fingerprint density at radius 2 is 2.00 bits per heavy atom. The second-order valence-electron chi connectivity index (χ2n) is 4.27. The minimum Gasteiger partial charge on any atom is -0.308 e. The summed E-state index contributed by atoms with van der Waals surface area (Å²) in [6.45, 7) is 4.16. The van der Waals surface area contributed by atoms with Crippen molar-refractivity contribution in [2.24, 2.45) is 5.84 Å². The maximum Gasteiger partial charge on any atom is 0.147 e. The van der Waals surface area contributed by atoms with Crippen molar-refractivity contribution in [2.75, 3.05) is 5.43 Å². The third-order valence-corrected chi connectivity index (χ3v) is 4.14. The van der Waals surface area contributed by atoms with E-state index in [0.717, 1.165) is 15.5 Å². The van der Waals surface area contributed by atoms with Gasteiger partial charge in [0.1, 0.15) is 17.2 Å². The Hall–Kier alpha value is -1.30. The number of aromatic nitrogens is 2. The second kappa shape index (κ2) is 6.23. The number of hydrazine groups is 1. The minimum atomic E-state index is 0.261. The van der Waals surface area contributed by atoms with Gasteiger partial charge in [-0.2, -0.15) is 0 Å². The molecule has 0 amide bonds. The van der Waals surface area contributed by atoms with Gasteiger partial charge in [-0.05, 0) is 18.1 Å². The van der Waals surface area contributed by atoms with Gasteiger partial charge in [-0.15, -0.1) is 0 Å². The summed E-state index contributed by atoms with van der Waals surface area (Å²) in [4.78, 5) is 9.46. The normalized spacial score (nSPS) is 10.8. The molecule has 19 heavy (non-hydrogen) atoms. The first kappa shape index (κ1) is 14.1. The summed E-state index contributed by atoms with van der Waals surface area (Å²) in [7, 11) is 0. The molecule has 0 atom stereocenters. The zero-order valence-electron chi connectivity index (χ0n) is 10.7. The van der Waals surface area contributed by atoms with E-state index < -0.39 is 0 Å². The number of hydrogen-bond acceptors (Lipinski definition) is 5. The monoisotopic (exact) mass is 294 g/mol. The number of nitrogens with two attached hydrogens (primary N) is 1. The summed E-state index contributed by atoms with van der Waals surface area (Å²) in [5.41, 5.74) is 3.62. The first-order chi connectivity index (χ1) is 9.13. The quantitative estimate of drug-likeness (QED) is 0.511. The third kappa shape index (κ3) is 3.18. The van der Waals surface area contributed by atoms with Crippen molar-refractivity contribution in [1.29, 1.82) is 0 Å². The zero-order valence-corrected chi connectivity index (χ0v) is 12.3. The van der Waals surface area contributed by atoms with E-state index in [-0.39, 0.29) is 5.92 Å². The minimum absolute atomic E-state index is 0.261. The molecule has 6 heteroatoms. The SMILES string of the molecule is CC(C)c1c(NN)ncnc1Sc1ccccc1Cl. The van der Waals surface area contributed by atoms with Gasteiger partial charge in [-0.3, -0.25) is 0 Å². The molecular formula is C13H15ClN4S. The Kier molecular flexibility index (Phi) is 4.63. The van der Waals surface area contributed by atoms with Crippen LogP contribution in [0.4, 0.5) is 5.82 Å². The number of anilines is 1. The first-order valence-electron chi connectivity index (χ1n) is 5.87. The number of nitrogens with zero attached hydrogens (tertiary/aromatic N) is 2. The number of rotatable bonds is 4. The molecule has 1 aromatic carbocycles. The molecule has 2 aromatic rings. The van der Waals surface area contributed by atoms with E-state index >= 15 is 0 Å². The van der Waals surface area contributed by atoms with Crippen LogP contribution in [0.5, 0.6) is 0 Å². The van der Waals surface area contributed by atoms with Crippen LogP contribution < -0.4 is 11.3 Å². The van der Waals surface area contributed by atoms with Crippen LogP contribution in [0, 0.1) is 0 Å². The van der Waals surface area contributed by atoms with Crippen molar-refractivity contribution in [3.05, 3.63) is 41.2 Å². The summed E-state index contributed by atoms with van der Waals surface area (Å²) in [5, 5.41) is 1.58. The van der Waals surface area contributed by atoms with Gasteiger partial charge in [0.25, 0.3) is 0 Å². The van der Waals surface area contributed by atoms with Crippen molar-refractivity contribution in [2.45, 2.75) is 29.7 Å². The number of halogens is 1. The molecule has 0 spiro atoms. The van der Waals surface area contributed by atoms with Gasteiger partial charge in [0.2, 0.25) is 0 Å². The van der Waals surface area contributed by atoms with Gasteiger partial charge in [0.05, 0.1) is 5.02 Å². The molecule has 0 saturated heterocycles. The molecule has 0 aliphatic heterocycles. The molecule has 0 aliphatic carbocycles. The largest absolute Gasteiger partial charge is 0.308 e. The van der Waals surface area contributed by atoms with E-state index in [1.807, 2.05) is 24.3 Å². The molecule has 3 N–H and O–H groups in total. The Bertz CT molecular complexity index is 574. The predicted octanol–water partition coefficient (Wildman–Crippen LogP) is 3.69. The van der Waals surface area contributed by atoms with Crippen molar-refractivity contribution >= 4 is 29.2 Å². The Balaban J connectivity index is 2.43. The van der Waals surface area contributed by atoms with Gasteiger partial charge in [-0.25, -0.2) is 15.8 Å². The molecule has 1 aromatic heterocycles. The van der Waals surface area contributed by atoms with Crippen LogP contribution in [-0.2, 0) is 0 Å². The highest BCUT2D eigenvalue weighted by atomic mass is 35.5. The van der Waals surface area contributed by atoms with Crippen LogP contribution in [0.15, 0.2) is 40.5 Å². The van der Waals surface area contributed by atoms with Crippen LogP contribution in [0.3, 0.4) is 0 Å². The second-order valence-corrected chi connectivity index (χ2v) is 5.71. The highest BCUT2D eigenvalue weighted by Crippen LogP contribution is 2.37. The van der Waals surface area contributed by atoms with E-state index in [4.69, 9.17) is 17.4 Å². The summed E-state index contributed by atoms with van der Waals surface area (Å²) in [5.74, 6) is 6.42. The standard InChI is InChI=1S/C13H15ClN4S/c1-8(2)11-12(18-15)16-7-17-13(11)19-10-6-4-3-5-9(10)14/h3-8H,15H2,1-2H3,(H,16,17,18). The smallest absolute Gasteiger partial charge is 0.147 e. The van der Waals surface area contributed by atoms with Crippen molar-refractivity contribution in [3.8, 4) is 0 Å². The topological polar surface area (TPSA) is 63.8 Å². The van der Waals surface area contributed by atoms with Crippen molar-refractivity contribution in [1.82, 2.24) is 9.97 Å². The average molecular weight is 295 g/mol. The molecule has 2 rings (SSSR count). The first-order valence-corrected chi connectivity index (χ1v) is 7.06. The molecule has 1 heterocycles. The fraction of sp³-hybridized carbons (Fsp3) is 0.231. The molecule has 100 valence electrons.